The van der Waals surface area contributed by atoms with E-state index < -0.39 is 0 Å². The van der Waals surface area contributed by atoms with Crippen LogP contribution in [0.15, 0.2) is 61.1 Å². The highest BCUT2D eigenvalue weighted by molar-refractivity contribution is 5.94. The van der Waals surface area contributed by atoms with Gasteiger partial charge in [-0.15, -0.1) is 0 Å². The number of nitrogens with one attached hydrogen (secondary N) is 2. The predicted octanol–water partition coefficient (Wildman–Crippen LogP) is 4.28. The zero-order valence-corrected chi connectivity index (χ0v) is 15.7. The molecule has 27 heavy (non-hydrogen) atoms. The number of carbonyl (C=O) groups is 1. The maximum atomic E-state index is 12.3. The van der Waals surface area contributed by atoms with Crippen LogP contribution in [0.25, 0.3) is 0 Å². The Balaban J connectivity index is 1.68. The van der Waals surface area contributed by atoms with Gasteiger partial charge in [0.05, 0.1) is 5.56 Å². The van der Waals surface area contributed by atoms with E-state index in [0.29, 0.717) is 12.1 Å². The van der Waals surface area contributed by atoms with Crippen molar-refractivity contribution in [1.29, 1.82) is 0 Å². The first kappa shape index (κ1) is 18.6. The number of hydrogen-bond donors (Lipinski definition) is 2. The first-order valence-corrected chi connectivity index (χ1v) is 9.22. The van der Waals surface area contributed by atoms with Crippen LogP contribution in [-0.2, 0) is 19.4 Å². The molecule has 0 aliphatic carbocycles. The molecule has 0 radical (unpaired) electrons. The standard InChI is InChI=1S/C22H24N4O/c1-3-17-8-5-9-18(4-2)21(17)26-20-11-10-19(15-24-20)22(27)25-14-16-7-6-12-23-13-16/h5-13,15H,3-4,14H2,1-2H3,(H,24,26)(H,25,27). The number of benzene rings is 1. The average molecular weight is 360 g/mol. The Morgan fingerprint density at radius 1 is 0.963 bits per heavy atom. The fraction of sp³-hybridized carbons (Fsp3) is 0.227. The number of amides is 1. The molecule has 0 saturated heterocycles. The highest BCUT2D eigenvalue weighted by Crippen LogP contribution is 2.25. The van der Waals surface area contributed by atoms with E-state index in [1.807, 2.05) is 18.2 Å². The van der Waals surface area contributed by atoms with Gasteiger partial charge >= 0.3 is 0 Å². The number of anilines is 2. The maximum absolute atomic E-state index is 12.3. The number of carbonyl (C=O) groups excluding carboxylic acids is 1. The second-order valence-electron chi connectivity index (χ2n) is 6.26. The molecule has 2 heterocycles. The molecule has 0 bridgehead atoms. The predicted molar refractivity (Wildman–Crippen MR) is 108 cm³/mol. The first-order chi connectivity index (χ1) is 13.2. The van der Waals surface area contributed by atoms with E-state index in [2.05, 4.69) is 52.6 Å². The minimum atomic E-state index is -0.152. The van der Waals surface area contributed by atoms with Crippen LogP contribution in [0.1, 0.15) is 40.9 Å². The molecule has 0 aliphatic heterocycles. The third kappa shape index (κ3) is 4.70. The maximum Gasteiger partial charge on any atom is 0.253 e. The molecule has 3 rings (SSSR count). The summed E-state index contributed by atoms with van der Waals surface area (Å²) >= 11 is 0. The third-order valence-electron chi connectivity index (χ3n) is 4.45. The van der Waals surface area contributed by atoms with Gasteiger partial charge < -0.3 is 10.6 Å². The molecule has 0 saturated carbocycles. The second-order valence-corrected chi connectivity index (χ2v) is 6.26. The quantitative estimate of drug-likeness (QED) is 0.660. The zero-order chi connectivity index (χ0) is 19.1. The van der Waals surface area contributed by atoms with Crippen LogP contribution in [0.2, 0.25) is 0 Å². The van der Waals surface area contributed by atoms with Crippen molar-refractivity contribution in [2.75, 3.05) is 5.32 Å². The van der Waals surface area contributed by atoms with Gasteiger partial charge in [0.25, 0.3) is 5.91 Å². The number of rotatable bonds is 7. The Morgan fingerprint density at radius 3 is 2.33 bits per heavy atom. The largest absolute Gasteiger partial charge is 0.348 e. The lowest BCUT2D eigenvalue weighted by Crippen LogP contribution is -2.23. The van der Waals surface area contributed by atoms with E-state index in [-0.39, 0.29) is 5.91 Å². The van der Waals surface area contributed by atoms with Crippen LogP contribution in [-0.4, -0.2) is 15.9 Å². The molecule has 0 aliphatic rings. The fourth-order valence-electron chi connectivity index (χ4n) is 2.92. The third-order valence-corrected chi connectivity index (χ3v) is 4.45. The molecule has 2 aromatic heterocycles. The van der Waals surface area contributed by atoms with Crippen molar-refractivity contribution in [3.05, 3.63) is 83.3 Å². The van der Waals surface area contributed by atoms with Crippen LogP contribution in [0.5, 0.6) is 0 Å². The summed E-state index contributed by atoms with van der Waals surface area (Å²) in [4.78, 5) is 20.8. The minimum absolute atomic E-state index is 0.152. The van der Waals surface area contributed by atoms with E-state index in [9.17, 15) is 4.79 Å². The lowest BCUT2D eigenvalue weighted by molar-refractivity contribution is 0.0950. The molecule has 5 nitrogen and oxygen atoms in total. The first-order valence-electron chi connectivity index (χ1n) is 9.22. The van der Waals surface area contributed by atoms with Gasteiger partial charge in [-0.2, -0.15) is 0 Å². The average Bonchev–Trinajstić information content (AvgIpc) is 2.73. The summed E-state index contributed by atoms with van der Waals surface area (Å²) in [5.41, 5.74) is 5.12. The van der Waals surface area contributed by atoms with Crippen LogP contribution in [0.3, 0.4) is 0 Å². The molecule has 2 N–H and O–H groups in total. The summed E-state index contributed by atoms with van der Waals surface area (Å²) < 4.78 is 0. The van der Waals surface area contributed by atoms with Gasteiger partial charge in [-0.05, 0) is 47.7 Å². The molecule has 138 valence electrons. The van der Waals surface area contributed by atoms with Gasteiger partial charge in [0.1, 0.15) is 5.82 Å². The van der Waals surface area contributed by atoms with Crippen molar-refractivity contribution >= 4 is 17.4 Å². The van der Waals surface area contributed by atoms with Crippen molar-refractivity contribution in [3.8, 4) is 0 Å². The molecule has 0 unspecified atom stereocenters. The monoisotopic (exact) mass is 360 g/mol. The second kappa shape index (κ2) is 8.94. The number of pyridine rings is 2. The summed E-state index contributed by atoms with van der Waals surface area (Å²) in [5, 5.41) is 6.30. The Morgan fingerprint density at radius 2 is 1.74 bits per heavy atom. The number of aromatic nitrogens is 2. The van der Waals surface area contributed by atoms with E-state index in [4.69, 9.17) is 0 Å². The van der Waals surface area contributed by atoms with Crippen molar-refractivity contribution in [2.45, 2.75) is 33.2 Å². The van der Waals surface area contributed by atoms with E-state index in [1.54, 1.807) is 24.7 Å². The summed E-state index contributed by atoms with van der Waals surface area (Å²) in [5.74, 6) is 0.579. The van der Waals surface area contributed by atoms with Crippen molar-refractivity contribution in [3.63, 3.8) is 0 Å². The van der Waals surface area contributed by atoms with E-state index in [1.165, 1.54) is 11.1 Å². The summed E-state index contributed by atoms with van der Waals surface area (Å²) in [6.07, 6.45) is 6.95. The van der Waals surface area contributed by atoms with Gasteiger partial charge in [0.2, 0.25) is 0 Å². The molecular formula is C22H24N4O. The fourth-order valence-corrected chi connectivity index (χ4v) is 2.92. The number of nitrogens with zero attached hydrogens (tertiary/aromatic N) is 2. The molecule has 1 amide bonds. The molecule has 0 atom stereocenters. The topological polar surface area (TPSA) is 66.9 Å². The normalized spacial score (nSPS) is 10.4. The van der Waals surface area contributed by atoms with Crippen molar-refractivity contribution < 1.29 is 4.79 Å². The van der Waals surface area contributed by atoms with Crippen molar-refractivity contribution in [2.24, 2.45) is 0 Å². The smallest absolute Gasteiger partial charge is 0.253 e. The summed E-state index contributed by atoms with van der Waals surface area (Å²) in [6.45, 7) is 4.72. The van der Waals surface area contributed by atoms with Gasteiger partial charge in [-0.3, -0.25) is 9.78 Å². The van der Waals surface area contributed by atoms with E-state index in [0.717, 1.165) is 29.9 Å². The number of hydrogen-bond acceptors (Lipinski definition) is 4. The number of para-hydroxylation sites is 1. The highest BCUT2D eigenvalue weighted by Gasteiger charge is 2.09. The minimum Gasteiger partial charge on any atom is -0.348 e. The lowest BCUT2D eigenvalue weighted by atomic mass is 10.0. The van der Waals surface area contributed by atoms with Gasteiger partial charge in [-0.1, -0.05) is 38.1 Å². The van der Waals surface area contributed by atoms with E-state index >= 15 is 0 Å². The van der Waals surface area contributed by atoms with Gasteiger partial charge in [0, 0.05) is 30.8 Å². The van der Waals surface area contributed by atoms with Crippen LogP contribution < -0.4 is 10.6 Å². The lowest BCUT2D eigenvalue weighted by Gasteiger charge is -2.15. The Hall–Kier alpha value is -3.21. The summed E-state index contributed by atoms with van der Waals surface area (Å²) in [7, 11) is 0. The van der Waals surface area contributed by atoms with Gasteiger partial charge in [0.15, 0.2) is 0 Å². The SMILES string of the molecule is CCc1cccc(CC)c1Nc1ccc(C(=O)NCc2cccnc2)cn1. The van der Waals surface area contributed by atoms with Crippen LogP contribution in [0, 0.1) is 0 Å². The Labute approximate surface area is 159 Å². The molecule has 5 heteroatoms. The summed E-state index contributed by atoms with van der Waals surface area (Å²) in [6, 6.07) is 13.7. The Bertz CT molecular complexity index is 870. The van der Waals surface area contributed by atoms with Crippen LogP contribution >= 0.6 is 0 Å². The number of aryl methyl sites for hydroxylation is 2. The van der Waals surface area contributed by atoms with Crippen molar-refractivity contribution in [1.82, 2.24) is 15.3 Å². The van der Waals surface area contributed by atoms with Gasteiger partial charge in [-0.25, -0.2) is 4.98 Å². The molecule has 0 fully saturated rings. The van der Waals surface area contributed by atoms with Crippen LogP contribution in [0.4, 0.5) is 11.5 Å². The highest BCUT2D eigenvalue weighted by atomic mass is 16.1. The molecule has 3 aromatic rings. The Kier molecular flexibility index (Phi) is 6.15. The molecule has 0 spiro atoms. The molecule has 1 aromatic carbocycles. The zero-order valence-electron chi connectivity index (χ0n) is 15.7. The molecular weight excluding hydrogens is 336 g/mol.